The van der Waals surface area contributed by atoms with Crippen LogP contribution in [0.15, 0.2) is 33.2 Å². The van der Waals surface area contributed by atoms with Crippen LogP contribution in [-0.4, -0.2) is 40.7 Å². The number of nitrogens with zero attached hydrogens (tertiary/aromatic N) is 3. The Morgan fingerprint density at radius 3 is 3.00 bits per heavy atom. The van der Waals surface area contributed by atoms with E-state index in [9.17, 15) is 0 Å². The van der Waals surface area contributed by atoms with Crippen LogP contribution in [0, 0.1) is 0 Å². The van der Waals surface area contributed by atoms with Crippen molar-refractivity contribution in [3.05, 3.63) is 43.9 Å². The molecule has 1 atom stereocenters. The van der Waals surface area contributed by atoms with Gasteiger partial charge in [-0.3, -0.25) is 0 Å². The van der Waals surface area contributed by atoms with E-state index in [0.717, 1.165) is 64.2 Å². The maximum Gasteiger partial charge on any atom is 0.205 e. The van der Waals surface area contributed by atoms with Crippen molar-refractivity contribution in [2.75, 3.05) is 24.6 Å². The number of pyridine rings is 1. The predicted octanol–water partition coefficient (Wildman–Crippen LogP) is 5.29. The second-order valence-corrected chi connectivity index (χ2v) is 9.20. The number of fused-ring (bicyclic) bond motifs is 1. The monoisotopic (exact) mass is 541 g/mol. The van der Waals surface area contributed by atoms with Crippen molar-refractivity contribution in [1.82, 2.24) is 20.3 Å². The molecule has 0 aliphatic carbocycles. The summed E-state index contributed by atoms with van der Waals surface area (Å²) in [5, 5.41) is 4.15. The summed E-state index contributed by atoms with van der Waals surface area (Å²) in [6, 6.07) is 8.18. The molecule has 0 saturated carbocycles. The number of H-pyrrole nitrogens is 1. The number of piperidine rings is 1. The first-order valence-electron chi connectivity index (χ1n) is 9.65. The second kappa shape index (κ2) is 9.20. The molecule has 29 heavy (non-hydrogen) atoms. The zero-order valence-corrected chi connectivity index (χ0v) is 19.9. The largest absolute Gasteiger partial charge is 0.492 e. The predicted molar refractivity (Wildman–Crippen MR) is 124 cm³/mol. The molecule has 2 N–H and O–H groups in total. The average molecular weight is 544 g/mol. The number of aromatic nitrogens is 3. The van der Waals surface area contributed by atoms with Crippen LogP contribution in [0.25, 0.3) is 11.2 Å². The van der Waals surface area contributed by atoms with Crippen LogP contribution < -0.4 is 15.0 Å². The Bertz CT molecular complexity index is 1010. The Labute approximate surface area is 191 Å². The molecule has 0 bridgehead atoms. The Balaban J connectivity index is 1.45. The van der Waals surface area contributed by atoms with Gasteiger partial charge in [-0.15, -0.1) is 0 Å². The van der Waals surface area contributed by atoms with Gasteiger partial charge in [0.25, 0.3) is 0 Å². The Morgan fingerprint density at radius 2 is 2.17 bits per heavy atom. The number of imidazole rings is 1. The quantitative estimate of drug-likeness (QED) is 0.414. The first kappa shape index (κ1) is 20.9. The molecule has 4 rings (SSSR count). The smallest absolute Gasteiger partial charge is 0.205 e. The molecule has 1 saturated heterocycles. The lowest BCUT2D eigenvalue weighted by Gasteiger charge is -2.33. The molecular formula is C20H22Br2ClN5O. The van der Waals surface area contributed by atoms with E-state index in [-0.39, 0.29) is 0 Å². The molecule has 0 spiro atoms. The third-order valence-electron chi connectivity index (χ3n) is 4.98. The van der Waals surface area contributed by atoms with E-state index < -0.39 is 0 Å². The zero-order valence-electron chi connectivity index (χ0n) is 16.0. The Hall–Kier alpha value is -1.35. The van der Waals surface area contributed by atoms with Gasteiger partial charge < -0.3 is 19.9 Å². The lowest BCUT2D eigenvalue weighted by molar-refractivity contribution is 0.331. The summed E-state index contributed by atoms with van der Waals surface area (Å²) in [6.07, 6.45) is 2.23. The number of aromatic amines is 1. The maximum absolute atomic E-state index is 5.99. The molecular weight excluding hydrogens is 522 g/mol. The molecule has 2 aromatic heterocycles. The first-order chi connectivity index (χ1) is 14.0. The van der Waals surface area contributed by atoms with Crippen molar-refractivity contribution < 1.29 is 4.74 Å². The fourth-order valence-electron chi connectivity index (χ4n) is 3.65. The normalized spacial score (nSPS) is 17.1. The van der Waals surface area contributed by atoms with Gasteiger partial charge in [0.15, 0.2) is 5.65 Å². The number of ether oxygens (including phenoxy) is 1. The van der Waals surface area contributed by atoms with Gasteiger partial charge in [-0.25, -0.2) is 4.98 Å². The van der Waals surface area contributed by atoms with E-state index in [1.54, 1.807) is 6.07 Å². The fourth-order valence-corrected chi connectivity index (χ4v) is 5.22. The van der Waals surface area contributed by atoms with Gasteiger partial charge in [0, 0.05) is 35.7 Å². The molecule has 3 heterocycles. The van der Waals surface area contributed by atoms with Crippen molar-refractivity contribution in [3.63, 3.8) is 0 Å². The van der Waals surface area contributed by atoms with Gasteiger partial charge in [-0.1, -0.05) is 27.5 Å². The van der Waals surface area contributed by atoms with Gasteiger partial charge in [0.05, 0.1) is 16.6 Å². The average Bonchev–Trinajstić information content (AvgIpc) is 3.12. The van der Waals surface area contributed by atoms with E-state index >= 15 is 0 Å². The SMILES string of the molecule is CCOc1c(Br)cc(Br)cc1CNC1CCCN(c2nc3nc(Cl)ccc3[nH]2)C1. The van der Waals surface area contributed by atoms with Gasteiger partial charge in [0.2, 0.25) is 5.95 Å². The summed E-state index contributed by atoms with van der Waals surface area (Å²) >= 11 is 13.2. The summed E-state index contributed by atoms with van der Waals surface area (Å²) in [5.41, 5.74) is 2.69. The van der Waals surface area contributed by atoms with Crippen LogP contribution in [0.3, 0.4) is 0 Å². The molecule has 1 aromatic carbocycles. The van der Waals surface area contributed by atoms with Crippen molar-refractivity contribution >= 4 is 60.6 Å². The summed E-state index contributed by atoms with van der Waals surface area (Å²) in [4.78, 5) is 14.6. The summed E-state index contributed by atoms with van der Waals surface area (Å²) in [7, 11) is 0. The summed E-state index contributed by atoms with van der Waals surface area (Å²) in [6.45, 7) is 5.23. The van der Waals surface area contributed by atoms with E-state index in [2.05, 4.69) is 63.1 Å². The molecule has 6 nitrogen and oxygen atoms in total. The highest BCUT2D eigenvalue weighted by molar-refractivity contribution is 9.11. The van der Waals surface area contributed by atoms with Crippen LogP contribution in [0.2, 0.25) is 5.15 Å². The fraction of sp³-hybridized carbons (Fsp3) is 0.400. The highest BCUT2D eigenvalue weighted by Gasteiger charge is 2.23. The topological polar surface area (TPSA) is 66.1 Å². The Morgan fingerprint density at radius 1 is 1.31 bits per heavy atom. The van der Waals surface area contributed by atoms with Crippen molar-refractivity contribution in [1.29, 1.82) is 0 Å². The molecule has 1 unspecified atom stereocenters. The first-order valence-corrected chi connectivity index (χ1v) is 11.6. The van der Waals surface area contributed by atoms with Crippen LogP contribution in [0.5, 0.6) is 5.75 Å². The van der Waals surface area contributed by atoms with Gasteiger partial charge >= 0.3 is 0 Å². The highest BCUT2D eigenvalue weighted by Crippen LogP contribution is 2.33. The molecule has 1 aliphatic rings. The molecule has 154 valence electrons. The molecule has 0 amide bonds. The summed E-state index contributed by atoms with van der Waals surface area (Å²) < 4.78 is 7.84. The van der Waals surface area contributed by atoms with Crippen LogP contribution in [-0.2, 0) is 6.54 Å². The number of rotatable bonds is 6. The molecule has 3 aromatic rings. The van der Waals surface area contributed by atoms with Crippen LogP contribution in [0.1, 0.15) is 25.3 Å². The van der Waals surface area contributed by atoms with E-state index in [1.807, 2.05) is 19.1 Å². The minimum absolute atomic E-state index is 0.362. The standard InChI is InChI=1S/C20H22Br2ClN5O/c1-2-29-18-12(8-13(21)9-15(18)22)10-24-14-4-3-7-28(11-14)20-25-16-5-6-17(23)26-19(16)27-20/h5-6,8-9,14,24H,2-4,7,10-11H2,1H3,(H,25,26,27). The summed E-state index contributed by atoms with van der Waals surface area (Å²) in [5.74, 6) is 1.75. The van der Waals surface area contributed by atoms with E-state index in [1.165, 1.54) is 0 Å². The molecule has 9 heteroatoms. The maximum atomic E-state index is 5.99. The lowest BCUT2D eigenvalue weighted by Crippen LogP contribution is -2.46. The number of hydrogen-bond donors (Lipinski definition) is 2. The van der Waals surface area contributed by atoms with Gasteiger partial charge in [-0.05, 0) is 60.0 Å². The van der Waals surface area contributed by atoms with Gasteiger partial charge in [0.1, 0.15) is 10.9 Å². The number of hydrogen-bond acceptors (Lipinski definition) is 5. The van der Waals surface area contributed by atoms with Crippen LogP contribution >= 0.6 is 43.5 Å². The van der Waals surface area contributed by atoms with Crippen molar-refractivity contribution in [3.8, 4) is 5.75 Å². The third-order valence-corrected chi connectivity index (χ3v) is 6.23. The molecule has 1 fully saturated rings. The van der Waals surface area contributed by atoms with Crippen molar-refractivity contribution in [2.45, 2.75) is 32.4 Å². The Kier molecular flexibility index (Phi) is 6.63. The second-order valence-electron chi connectivity index (χ2n) is 7.04. The highest BCUT2D eigenvalue weighted by atomic mass is 79.9. The minimum Gasteiger partial charge on any atom is -0.492 e. The number of nitrogens with one attached hydrogen (secondary N) is 2. The number of halogens is 3. The number of benzene rings is 1. The zero-order chi connectivity index (χ0) is 20.4. The number of anilines is 1. The van der Waals surface area contributed by atoms with E-state index in [0.29, 0.717) is 23.4 Å². The van der Waals surface area contributed by atoms with Crippen LogP contribution in [0.4, 0.5) is 5.95 Å². The molecule has 0 radical (unpaired) electrons. The third kappa shape index (κ3) is 4.87. The minimum atomic E-state index is 0.362. The van der Waals surface area contributed by atoms with Crippen molar-refractivity contribution in [2.24, 2.45) is 0 Å². The van der Waals surface area contributed by atoms with Gasteiger partial charge in [-0.2, -0.15) is 4.98 Å². The molecule has 1 aliphatic heterocycles. The van der Waals surface area contributed by atoms with E-state index in [4.69, 9.17) is 16.3 Å². The lowest BCUT2D eigenvalue weighted by atomic mass is 10.1.